The molecule has 0 radical (unpaired) electrons. The zero-order chi connectivity index (χ0) is 19.1. The average Bonchev–Trinajstić information content (AvgIpc) is 2.69. The van der Waals surface area contributed by atoms with Crippen LogP contribution in [-0.2, 0) is 6.54 Å². The molecule has 27 heavy (non-hydrogen) atoms. The lowest BCUT2D eigenvalue weighted by Crippen LogP contribution is -2.32. The van der Waals surface area contributed by atoms with Gasteiger partial charge in [-0.05, 0) is 30.7 Å². The normalized spacial score (nSPS) is 10.4. The fourth-order valence-electron chi connectivity index (χ4n) is 2.49. The van der Waals surface area contributed by atoms with Crippen LogP contribution in [0.25, 0.3) is 0 Å². The number of nitrogens with one attached hydrogen (secondary N) is 1. The fourth-order valence-corrected chi connectivity index (χ4v) is 2.49. The predicted octanol–water partition coefficient (Wildman–Crippen LogP) is 2.41. The molecule has 2 aromatic carbocycles. The number of benzene rings is 2. The number of hydrogen-bond acceptors (Lipinski definition) is 4. The molecule has 0 aliphatic rings. The molecule has 1 heterocycles. The van der Waals surface area contributed by atoms with Crippen LogP contribution in [0.3, 0.4) is 0 Å². The van der Waals surface area contributed by atoms with E-state index < -0.39 is 0 Å². The summed E-state index contributed by atoms with van der Waals surface area (Å²) in [7, 11) is 0. The second-order valence-corrected chi connectivity index (χ2v) is 6.12. The number of para-hydroxylation sites is 1. The van der Waals surface area contributed by atoms with Crippen molar-refractivity contribution in [2.45, 2.75) is 13.5 Å². The monoisotopic (exact) mass is 363 g/mol. The first-order valence-electron chi connectivity index (χ1n) is 8.71. The molecule has 0 saturated carbocycles. The van der Waals surface area contributed by atoms with E-state index in [9.17, 15) is 9.59 Å². The van der Waals surface area contributed by atoms with Crippen molar-refractivity contribution in [2.75, 3.05) is 13.2 Å². The summed E-state index contributed by atoms with van der Waals surface area (Å²) in [6.07, 6.45) is 0. The van der Waals surface area contributed by atoms with Gasteiger partial charge >= 0.3 is 0 Å². The molecule has 0 saturated heterocycles. The molecule has 3 aromatic rings. The lowest BCUT2D eigenvalue weighted by Gasteiger charge is -2.09. The van der Waals surface area contributed by atoms with Crippen LogP contribution >= 0.6 is 0 Å². The van der Waals surface area contributed by atoms with Crippen molar-refractivity contribution in [1.82, 2.24) is 15.1 Å². The highest BCUT2D eigenvalue weighted by molar-refractivity contribution is 5.91. The third-order valence-corrected chi connectivity index (χ3v) is 3.95. The first-order chi connectivity index (χ1) is 13.1. The molecule has 1 aromatic heterocycles. The van der Waals surface area contributed by atoms with E-state index in [1.54, 1.807) is 0 Å². The largest absolute Gasteiger partial charge is 0.492 e. The molecular formula is C21H21N3O3. The summed E-state index contributed by atoms with van der Waals surface area (Å²) >= 11 is 0. The first-order valence-corrected chi connectivity index (χ1v) is 8.71. The number of aryl methyl sites for hydroxylation is 1. The maximum atomic E-state index is 12.3. The van der Waals surface area contributed by atoms with Gasteiger partial charge in [-0.25, -0.2) is 4.68 Å². The number of carbonyl (C=O) groups is 1. The number of rotatable bonds is 7. The number of hydrogen-bond donors (Lipinski definition) is 1. The Labute approximate surface area is 157 Å². The van der Waals surface area contributed by atoms with Gasteiger partial charge in [0, 0.05) is 6.07 Å². The molecule has 6 nitrogen and oxygen atoms in total. The Hall–Kier alpha value is -3.41. The zero-order valence-corrected chi connectivity index (χ0v) is 15.1. The van der Waals surface area contributed by atoms with E-state index in [4.69, 9.17) is 4.74 Å². The quantitative estimate of drug-likeness (QED) is 0.654. The van der Waals surface area contributed by atoms with Gasteiger partial charge in [0.1, 0.15) is 18.1 Å². The third kappa shape index (κ3) is 5.28. The van der Waals surface area contributed by atoms with Gasteiger partial charge in [0.25, 0.3) is 11.5 Å². The van der Waals surface area contributed by atoms with Gasteiger partial charge in [0.05, 0.1) is 13.1 Å². The van der Waals surface area contributed by atoms with E-state index in [2.05, 4.69) is 10.4 Å². The van der Waals surface area contributed by atoms with E-state index in [0.29, 0.717) is 19.7 Å². The molecule has 1 N–H and O–H groups in total. The molecule has 0 atom stereocenters. The zero-order valence-electron chi connectivity index (χ0n) is 15.1. The van der Waals surface area contributed by atoms with Crippen molar-refractivity contribution >= 4 is 5.91 Å². The van der Waals surface area contributed by atoms with E-state index in [1.807, 2.05) is 61.5 Å². The molecule has 0 aliphatic carbocycles. The number of amides is 1. The Morgan fingerprint density at radius 3 is 2.52 bits per heavy atom. The summed E-state index contributed by atoms with van der Waals surface area (Å²) < 4.78 is 6.83. The highest BCUT2D eigenvalue weighted by Crippen LogP contribution is 2.07. The van der Waals surface area contributed by atoms with Crippen molar-refractivity contribution in [2.24, 2.45) is 0 Å². The molecule has 3 rings (SSSR count). The SMILES string of the molecule is Cc1ccc(Cn2nc(C(=O)NCCOc3ccccc3)ccc2=O)cc1. The predicted molar refractivity (Wildman–Crippen MR) is 103 cm³/mol. The minimum atomic E-state index is -0.343. The summed E-state index contributed by atoms with van der Waals surface area (Å²) in [5.41, 5.74) is 2.04. The van der Waals surface area contributed by atoms with Crippen LogP contribution < -0.4 is 15.6 Å². The van der Waals surface area contributed by atoms with Crippen molar-refractivity contribution in [3.63, 3.8) is 0 Å². The summed E-state index contributed by atoms with van der Waals surface area (Å²) in [4.78, 5) is 24.3. The summed E-state index contributed by atoms with van der Waals surface area (Å²) in [6.45, 7) is 3.00. The number of nitrogens with zero attached hydrogens (tertiary/aromatic N) is 2. The minimum absolute atomic E-state index is 0.196. The van der Waals surface area contributed by atoms with Gasteiger partial charge in [0.15, 0.2) is 0 Å². The van der Waals surface area contributed by atoms with Crippen LogP contribution in [0.15, 0.2) is 71.5 Å². The van der Waals surface area contributed by atoms with E-state index >= 15 is 0 Å². The van der Waals surface area contributed by atoms with Crippen LogP contribution in [0.5, 0.6) is 5.75 Å². The number of ether oxygens (including phenoxy) is 1. The highest BCUT2D eigenvalue weighted by atomic mass is 16.5. The molecule has 0 spiro atoms. The molecule has 0 aliphatic heterocycles. The summed E-state index contributed by atoms with van der Waals surface area (Å²) in [5.74, 6) is 0.404. The third-order valence-electron chi connectivity index (χ3n) is 3.95. The van der Waals surface area contributed by atoms with Crippen LogP contribution in [0.2, 0.25) is 0 Å². The van der Waals surface area contributed by atoms with E-state index in [0.717, 1.165) is 16.9 Å². The summed E-state index contributed by atoms with van der Waals surface area (Å²) in [5, 5.41) is 6.92. The van der Waals surface area contributed by atoms with Crippen LogP contribution in [0.4, 0.5) is 0 Å². The van der Waals surface area contributed by atoms with Crippen LogP contribution in [0, 0.1) is 6.92 Å². The Kier molecular flexibility index (Phi) is 5.99. The first kappa shape index (κ1) is 18.4. The van der Waals surface area contributed by atoms with Crippen LogP contribution in [-0.4, -0.2) is 28.8 Å². The van der Waals surface area contributed by atoms with Gasteiger partial charge in [-0.2, -0.15) is 5.10 Å². The van der Waals surface area contributed by atoms with Crippen molar-refractivity contribution in [1.29, 1.82) is 0 Å². The van der Waals surface area contributed by atoms with Gasteiger partial charge in [-0.1, -0.05) is 48.0 Å². The van der Waals surface area contributed by atoms with Gasteiger partial charge in [-0.15, -0.1) is 0 Å². The topological polar surface area (TPSA) is 73.2 Å². The molecular weight excluding hydrogens is 342 g/mol. The number of carbonyl (C=O) groups excluding carboxylic acids is 1. The Morgan fingerprint density at radius 2 is 1.78 bits per heavy atom. The average molecular weight is 363 g/mol. The molecule has 0 bridgehead atoms. The van der Waals surface area contributed by atoms with Crippen molar-refractivity contribution in [3.05, 3.63) is 93.9 Å². The Balaban J connectivity index is 1.58. The molecule has 138 valence electrons. The fraction of sp³-hybridized carbons (Fsp3) is 0.190. The smallest absolute Gasteiger partial charge is 0.271 e. The van der Waals surface area contributed by atoms with Crippen LogP contribution in [0.1, 0.15) is 21.6 Å². The molecule has 0 unspecified atom stereocenters. The molecule has 6 heteroatoms. The lowest BCUT2D eigenvalue weighted by atomic mass is 10.1. The van der Waals surface area contributed by atoms with E-state index in [1.165, 1.54) is 16.8 Å². The highest BCUT2D eigenvalue weighted by Gasteiger charge is 2.09. The second kappa shape index (κ2) is 8.80. The minimum Gasteiger partial charge on any atom is -0.492 e. The van der Waals surface area contributed by atoms with Gasteiger partial charge in [0.2, 0.25) is 0 Å². The standard InChI is InChI=1S/C21H21N3O3/c1-16-7-9-17(10-8-16)15-24-20(25)12-11-19(23-24)21(26)22-13-14-27-18-5-3-2-4-6-18/h2-12H,13-15H2,1H3,(H,22,26). The van der Waals surface area contributed by atoms with Gasteiger partial charge < -0.3 is 10.1 Å². The Morgan fingerprint density at radius 1 is 1.04 bits per heavy atom. The maximum absolute atomic E-state index is 12.3. The molecule has 1 amide bonds. The number of aromatic nitrogens is 2. The van der Waals surface area contributed by atoms with Gasteiger partial charge in [-0.3, -0.25) is 9.59 Å². The Bertz CT molecular complexity index is 950. The lowest BCUT2D eigenvalue weighted by molar-refractivity contribution is 0.0939. The van der Waals surface area contributed by atoms with Crippen molar-refractivity contribution in [3.8, 4) is 5.75 Å². The molecule has 0 fully saturated rings. The summed E-state index contributed by atoms with van der Waals surface area (Å²) in [6, 6.07) is 20.0. The van der Waals surface area contributed by atoms with Crippen molar-refractivity contribution < 1.29 is 9.53 Å². The second-order valence-electron chi connectivity index (χ2n) is 6.12. The van der Waals surface area contributed by atoms with E-state index in [-0.39, 0.29) is 17.2 Å². The maximum Gasteiger partial charge on any atom is 0.271 e.